The Hall–Kier alpha value is -4.18. The number of ether oxygens (including phenoxy) is 4. The largest absolute Gasteiger partial charge is 0.496 e. The predicted molar refractivity (Wildman–Crippen MR) is 231 cm³/mol. The number of fused-ring (bicyclic) bond motifs is 6. The molecular weight excluding hydrogens is 819 g/mol. The number of aromatic nitrogens is 1. The minimum atomic E-state index is -2.94. The maximum atomic E-state index is 15.4. The first kappa shape index (κ1) is 43.1. The maximum absolute atomic E-state index is 15.4. The minimum Gasteiger partial charge on any atom is -0.496 e. The van der Waals surface area contributed by atoms with Crippen molar-refractivity contribution in [2.24, 2.45) is 17.3 Å². The van der Waals surface area contributed by atoms with E-state index in [1.54, 1.807) is 18.9 Å². The number of likely N-dealkylation sites (N-methyl/N-ethyl adjacent to an activating group) is 1. The van der Waals surface area contributed by atoms with Crippen molar-refractivity contribution in [1.82, 2.24) is 14.8 Å². The molecule has 10 atom stereocenters. The molecule has 0 radical (unpaired) electrons. The van der Waals surface area contributed by atoms with E-state index in [0.29, 0.717) is 68.1 Å². The zero-order chi connectivity index (χ0) is 44.3. The maximum Gasteiger partial charge on any atom is 0.344 e. The number of rotatable bonds is 8. The lowest BCUT2D eigenvalue weighted by Crippen LogP contribution is -2.81. The number of esters is 3. The minimum absolute atomic E-state index is 0.150. The zero-order valence-electron chi connectivity index (χ0n) is 36.8. The van der Waals surface area contributed by atoms with E-state index in [1.807, 2.05) is 61.5 Å². The van der Waals surface area contributed by atoms with Gasteiger partial charge in [0.15, 0.2) is 6.10 Å². The molecule has 1 aliphatic carbocycles. The molecule has 3 aromatic rings. The number of benzene rings is 2. The summed E-state index contributed by atoms with van der Waals surface area (Å²) in [5, 5.41) is 14.3. The number of halogens is 2. The van der Waals surface area contributed by atoms with Gasteiger partial charge in [-0.1, -0.05) is 19.1 Å². The second-order valence-corrected chi connectivity index (χ2v) is 19.6. The topological polar surface area (TPSA) is 134 Å². The monoisotopic (exact) mass is 876 g/mol. The number of methoxy groups -OCH3 is 3. The lowest BCUT2D eigenvalue weighted by Gasteiger charge is -2.63. The van der Waals surface area contributed by atoms with Gasteiger partial charge in [0.1, 0.15) is 11.2 Å². The summed E-state index contributed by atoms with van der Waals surface area (Å²) >= 11 is 1.62. The molecule has 1 spiro atoms. The van der Waals surface area contributed by atoms with Crippen LogP contribution in [0.4, 0.5) is 14.5 Å². The summed E-state index contributed by atoms with van der Waals surface area (Å²) in [4.78, 5) is 54.0. The Balaban J connectivity index is 1.36. The van der Waals surface area contributed by atoms with Crippen LogP contribution in [0, 0.1) is 17.3 Å². The second-order valence-electron chi connectivity index (χ2n) is 18.7. The highest BCUT2D eigenvalue weighted by Crippen LogP contribution is 2.68. The standard InChI is InChI=1S/C47H58F2N4O8S/c1-9-44-14-10-16-53-18-15-45(38(44)53)32-21-33(36(58-5)22-35(32)51(4)39(45)47(57,42(56)60-7)40(44)61-26(2)54)46(41(55)59-6)23-27-19-28(43(3,48)49)25-52(24-27)17-13-30-31-20-29(62-8)11-12-34(31)50-37(30)46/h10-12,14,20-22,27-28,38-40,50,57H,9,13,15-19,23-25H2,1-8H3/t27-,28+,38-,39+,40+,44+,45+,46-,47-/m0/s1. The Bertz CT molecular complexity index is 2370. The molecule has 15 heteroatoms. The molecular formula is C47H58F2N4O8S. The lowest BCUT2D eigenvalue weighted by atomic mass is 9.47. The summed E-state index contributed by atoms with van der Waals surface area (Å²) in [5.41, 5.74) is -1.54. The number of carbonyl (C=O) groups excluding carboxylic acids is 3. The van der Waals surface area contributed by atoms with Crippen LogP contribution >= 0.6 is 11.8 Å². The number of anilines is 1. The quantitative estimate of drug-likeness (QED) is 0.122. The fourth-order valence-electron chi connectivity index (χ4n) is 13.6. The number of thioether (sulfide) groups is 1. The van der Waals surface area contributed by atoms with Crippen molar-refractivity contribution >= 4 is 46.3 Å². The van der Waals surface area contributed by atoms with Gasteiger partial charge >= 0.3 is 17.9 Å². The van der Waals surface area contributed by atoms with E-state index >= 15 is 13.6 Å². The summed E-state index contributed by atoms with van der Waals surface area (Å²) in [6, 6.07) is 8.76. The second kappa shape index (κ2) is 15.0. The SMILES string of the molecule is CC[C@]12C=CCN3CC[C@@]4(c5cc([C@@]6(C(=O)OC)C[C@@H]7C[C@@H](C(C)(F)F)CN(CCc8c6[nH]c6ccc(SC)cc86)C7)c(OC)cc5N(C)[C@H]4[C@@](O)(C(=O)OC)[C@@H]1OC(C)=O)[C@@H]32. The molecule has 334 valence electrons. The van der Waals surface area contributed by atoms with Gasteiger partial charge < -0.3 is 38.8 Å². The van der Waals surface area contributed by atoms with Gasteiger partial charge in [-0.3, -0.25) is 14.5 Å². The molecule has 12 nitrogen and oxygen atoms in total. The molecule has 2 N–H and O–H groups in total. The smallest absolute Gasteiger partial charge is 0.344 e. The van der Waals surface area contributed by atoms with E-state index < -0.39 is 63.7 Å². The van der Waals surface area contributed by atoms with Crippen LogP contribution in [0.2, 0.25) is 0 Å². The molecule has 1 aromatic heterocycles. The average Bonchev–Trinajstić information content (AvgIpc) is 3.91. The molecule has 1 saturated carbocycles. The van der Waals surface area contributed by atoms with Crippen LogP contribution in [0.15, 0.2) is 47.4 Å². The van der Waals surface area contributed by atoms with Gasteiger partial charge in [-0.05, 0) is 93.1 Å². The third-order valence-electron chi connectivity index (χ3n) is 15.9. The van der Waals surface area contributed by atoms with Gasteiger partial charge in [-0.25, -0.2) is 13.6 Å². The van der Waals surface area contributed by atoms with Crippen LogP contribution in [0.25, 0.3) is 10.9 Å². The van der Waals surface area contributed by atoms with Gasteiger partial charge in [0.05, 0.1) is 27.4 Å². The Morgan fingerprint density at radius 1 is 1.03 bits per heavy atom. The first-order valence-electron chi connectivity index (χ1n) is 21.7. The number of carbonyl (C=O) groups is 3. The van der Waals surface area contributed by atoms with E-state index in [1.165, 1.54) is 21.1 Å². The zero-order valence-corrected chi connectivity index (χ0v) is 37.6. The number of nitrogens with one attached hydrogen (secondary N) is 1. The van der Waals surface area contributed by atoms with E-state index in [0.717, 1.165) is 33.8 Å². The van der Waals surface area contributed by atoms with Crippen molar-refractivity contribution in [1.29, 1.82) is 0 Å². The van der Waals surface area contributed by atoms with Gasteiger partial charge in [0, 0.05) is 102 Å². The molecule has 62 heavy (non-hydrogen) atoms. The van der Waals surface area contributed by atoms with E-state index in [4.69, 9.17) is 18.9 Å². The van der Waals surface area contributed by atoms with Crippen molar-refractivity contribution in [2.45, 2.75) is 98.3 Å². The first-order chi connectivity index (χ1) is 29.5. The molecule has 3 fully saturated rings. The van der Waals surface area contributed by atoms with Crippen LogP contribution < -0.4 is 9.64 Å². The van der Waals surface area contributed by atoms with E-state index in [2.05, 4.69) is 20.9 Å². The number of nitrogens with zero attached hydrogens (tertiary/aromatic N) is 3. The number of hydrogen-bond acceptors (Lipinski definition) is 12. The van der Waals surface area contributed by atoms with Crippen molar-refractivity contribution < 1.29 is 47.2 Å². The normalized spacial score (nSPS) is 34.9. The number of H-pyrrole nitrogens is 1. The molecule has 2 saturated heterocycles. The predicted octanol–water partition coefficient (Wildman–Crippen LogP) is 5.84. The molecule has 6 aliphatic rings. The van der Waals surface area contributed by atoms with Crippen LogP contribution in [0.3, 0.4) is 0 Å². The van der Waals surface area contributed by atoms with E-state index in [-0.39, 0.29) is 31.3 Å². The van der Waals surface area contributed by atoms with Crippen LogP contribution in [0.1, 0.15) is 68.8 Å². The Kier molecular flexibility index (Phi) is 10.4. The third kappa shape index (κ3) is 5.75. The summed E-state index contributed by atoms with van der Waals surface area (Å²) in [6.07, 6.45) is 6.54. The van der Waals surface area contributed by atoms with Crippen molar-refractivity contribution in [3.8, 4) is 5.75 Å². The third-order valence-corrected chi connectivity index (χ3v) is 16.6. The lowest BCUT2D eigenvalue weighted by molar-refractivity contribution is -0.228. The van der Waals surface area contributed by atoms with Crippen LogP contribution in [-0.4, -0.2) is 135 Å². The molecule has 6 heterocycles. The molecule has 9 rings (SSSR count). The van der Waals surface area contributed by atoms with Crippen molar-refractivity contribution in [2.75, 3.05) is 72.3 Å². The molecule has 2 bridgehead atoms. The van der Waals surface area contributed by atoms with Crippen LogP contribution in [0.5, 0.6) is 5.75 Å². The highest BCUT2D eigenvalue weighted by Gasteiger charge is 2.80. The summed E-state index contributed by atoms with van der Waals surface area (Å²) < 4.78 is 54.7. The first-order valence-corrected chi connectivity index (χ1v) is 23.0. The van der Waals surface area contributed by atoms with Gasteiger partial charge in [0.2, 0.25) is 11.5 Å². The summed E-state index contributed by atoms with van der Waals surface area (Å²) in [5.74, 6) is -5.92. The van der Waals surface area contributed by atoms with Gasteiger partial charge in [0.25, 0.3) is 0 Å². The van der Waals surface area contributed by atoms with Crippen molar-refractivity contribution in [3.05, 3.63) is 64.9 Å². The number of aromatic amines is 1. The highest BCUT2D eigenvalue weighted by atomic mass is 32.2. The fourth-order valence-corrected chi connectivity index (χ4v) is 14.0. The summed E-state index contributed by atoms with van der Waals surface area (Å²) in [7, 11) is 5.97. The Morgan fingerprint density at radius 3 is 2.45 bits per heavy atom. The highest BCUT2D eigenvalue weighted by molar-refractivity contribution is 7.98. The number of aliphatic hydroxyl groups is 1. The van der Waals surface area contributed by atoms with E-state index in [9.17, 15) is 14.7 Å². The fraction of sp³-hybridized carbons (Fsp3) is 0.596. The number of alkyl halides is 2. The van der Waals surface area contributed by atoms with Gasteiger partial charge in [-0.15, -0.1) is 11.8 Å². The van der Waals surface area contributed by atoms with Crippen molar-refractivity contribution in [3.63, 3.8) is 0 Å². The van der Waals surface area contributed by atoms with Gasteiger partial charge in [-0.2, -0.15) is 0 Å². The Morgan fingerprint density at radius 2 is 1.79 bits per heavy atom. The number of hydrogen-bond donors (Lipinski definition) is 2. The van der Waals surface area contributed by atoms with Crippen LogP contribution in [-0.2, 0) is 45.8 Å². The molecule has 2 aromatic carbocycles. The molecule has 5 aliphatic heterocycles. The molecule has 1 unspecified atom stereocenters. The Labute approximate surface area is 365 Å². The number of piperidine rings is 1. The summed E-state index contributed by atoms with van der Waals surface area (Å²) in [6.45, 7) is 6.79. The average molecular weight is 877 g/mol. The molecule has 0 amide bonds.